The first kappa shape index (κ1) is 12.6. The SMILES string of the molecule is C[C@@H]1CCCN1CCc1ccc(B(O)O)cc1. The number of nitrogens with zero attached hydrogens (tertiary/aromatic N) is 1. The highest BCUT2D eigenvalue weighted by Gasteiger charge is 2.19. The second kappa shape index (κ2) is 5.67. The summed E-state index contributed by atoms with van der Waals surface area (Å²) in [5.74, 6) is 0. The Morgan fingerprint density at radius 3 is 2.53 bits per heavy atom. The van der Waals surface area contributed by atoms with Crippen molar-refractivity contribution in [2.75, 3.05) is 13.1 Å². The monoisotopic (exact) mass is 233 g/mol. The fraction of sp³-hybridized carbons (Fsp3) is 0.538. The minimum absolute atomic E-state index is 0.559. The van der Waals surface area contributed by atoms with Gasteiger partial charge in [0, 0.05) is 12.6 Å². The molecule has 0 aliphatic carbocycles. The maximum Gasteiger partial charge on any atom is 0.488 e. The summed E-state index contributed by atoms with van der Waals surface area (Å²) in [6.07, 6.45) is 3.67. The highest BCUT2D eigenvalue weighted by atomic mass is 16.4. The third-order valence-electron chi connectivity index (χ3n) is 3.66. The third-order valence-corrected chi connectivity index (χ3v) is 3.66. The zero-order chi connectivity index (χ0) is 12.3. The van der Waals surface area contributed by atoms with E-state index in [0.29, 0.717) is 11.5 Å². The van der Waals surface area contributed by atoms with Crippen molar-refractivity contribution >= 4 is 12.6 Å². The van der Waals surface area contributed by atoms with E-state index in [2.05, 4.69) is 11.8 Å². The Bertz CT molecular complexity index is 353. The van der Waals surface area contributed by atoms with Gasteiger partial charge >= 0.3 is 7.12 Å². The van der Waals surface area contributed by atoms with Crippen LogP contribution in [0.15, 0.2) is 24.3 Å². The molecule has 92 valence electrons. The van der Waals surface area contributed by atoms with E-state index in [-0.39, 0.29) is 0 Å². The molecule has 0 amide bonds. The minimum Gasteiger partial charge on any atom is -0.423 e. The fourth-order valence-corrected chi connectivity index (χ4v) is 2.45. The van der Waals surface area contributed by atoms with E-state index in [1.165, 1.54) is 24.9 Å². The van der Waals surface area contributed by atoms with Gasteiger partial charge in [-0.05, 0) is 43.8 Å². The van der Waals surface area contributed by atoms with E-state index in [1.54, 1.807) is 12.1 Å². The summed E-state index contributed by atoms with van der Waals surface area (Å²) in [5, 5.41) is 18.0. The molecular formula is C13H20BNO2. The number of likely N-dealkylation sites (tertiary alicyclic amines) is 1. The molecule has 1 aromatic carbocycles. The lowest BCUT2D eigenvalue weighted by atomic mass is 9.80. The average molecular weight is 233 g/mol. The van der Waals surface area contributed by atoms with Gasteiger partial charge in [-0.15, -0.1) is 0 Å². The van der Waals surface area contributed by atoms with Crippen molar-refractivity contribution in [3.05, 3.63) is 29.8 Å². The van der Waals surface area contributed by atoms with Gasteiger partial charge in [0.15, 0.2) is 0 Å². The Hall–Kier alpha value is -0.835. The molecule has 0 spiro atoms. The molecule has 1 aliphatic rings. The Morgan fingerprint density at radius 2 is 2.00 bits per heavy atom. The van der Waals surface area contributed by atoms with Crippen molar-refractivity contribution in [1.29, 1.82) is 0 Å². The van der Waals surface area contributed by atoms with Crippen molar-refractivity contribution < 1.29 is 10.0 Å². The van der Waals surface area contributed by atoms with Gasteiger partial charge in [-0.2, -0.15) is 0 Å². The van der Waals surface area contributed by atoms with Crippen LogP contribution in [0, 0.1) is 0 Å². The molecule has 0 radical (unpaired) electrons. The van der Waals surface area contributed by atoms with Gasteiger partial charge in [-0.3, -0.25) is 0 Å². The quantitative estimate of drug-likeness (QED) is 0.739. The third kappa shape index (κ3) is 3.31. The normalized spacial score (nSPS) is 20.8. The lowest BCUT2D eigenvalue weighted by molar-refractivity contribution is 0.272. The van der Waals surface area contributed by atoms with E-state index in [9.17, 15) is 0 Å². The van der Waals surface area contributed by atoms with Crippen LogP contribution in [0.2, 0.25) is 0 Å². The maximum atomic E-state index is 9.00. The molecule has 1 saturated heterocycles. The summed E-state index contributed by atoms with van der Waals surface area (Å²) in [4.78, 5) is 2.52. The highest BCUT2D eigenvalue weighted by molar-refractivity contribution is 6.58. The Labute approximate surface area is 103 Å². The number of benzene rings is 1. The van der Waals surface area contributed by atoms with Gasteiger partial charge in [0.25, 0.3) is 0 Å². The van der Waals surface area contributed by atoms with Crippen LogP contribution in [0.5, 0.6) is 0 Å². The van der Waals surface area contributed by atoms with Crippen molar-refractivity contribution in [3.8, 4) is 0 Å². The van der Waals surface area contributed by atoms with E-state index >= 15 is 0 Å². The highest BCUT2D eigenvalue weighted by Crippen LogP contribution is 2.16. The van der Waals surface area contributed by atoms with Crippen LogP contribution >= 0.6 is 0 Å². The smallest absolute Gasteiger partial charge is 0.423 e. The Balaban J connectivity index is 1.86. The topological polar surface area (TPSA) is 43.7 Å². The molecule has 0 bridgehead atoms. The molecular weight excluding hydrogens is 213 g/mol. The number of rotatable bonds is 4. The Morgan fingerprint density at radius 1 is 1.29 bits per heavy atom. The lowest BCUT2D eigenvalue weighted by Crippen LogP contribution is -2.30. The molecule has 2 N–H and O–H groups in total. The Kier molecular flexibility index (Phi) is 4.21. The lowest BCUT2D eigenvalue weighted by Gasteiger charge is -2.20. The number of hydrogen-bond acceptors (Lipinski definition) is 3. The van der Waals surface area contributed by atoms with Crippen molar-refractivity contribution in [1.82, 2.24) is 4.90 Å². The predicted molar refractivity (Wildman–Crippen MR) is 70.2 cm³/mol. The standard InChI is InChI=1S/C13H20BNO2/c1-11-3-2-9-15(11)10-8-12-4-6-13(7-5-12)14(16)17/h4-7,11,16-17H,2-3,8-10H2,1H3/t11-/m1/s1. The second-order valence-electron chi connectivity index (χ2n) is 4.89. The van der Waals surface area contributed by atoms with Crippen LogP contribution in [0.3, 0.4) is 0 Å². The molecule has 0 aromatic heterocycles. The molecule has 1 atom stereocenters. The first-order valence-electron chi connectivity index (χ1n) is 6.36. The molecule has 2 rings (SSSR count). The van der Waals surface area contributed by atoms with E-state index in [1.807, 2.05) is 12.1 Å². The van der Waals surface area contributed by atoms with Crippen LogP contribution in [-0.4, -0.2) is 41.2 Å². The molecule has 4 heteroatoms. The zero-order valence-corrected chi connectivity index (χ0v) is 10.3. The molecule has 0 saturated carbocycles. The summed E-state index contributed by atoms with van der Waals surface area (Å²) in [7, 11) is -1.36. The van der Waals surface area contributed by atoms with E-state index in [4.69, 9.17) is 10.0 Å². The van der Waals surface area contributed by atoms with Gasteiger partial charge in [0.05, 0.1) is 0 Å². The molecule has 1 aromatic rings. The fourth-order valence-electron chi connectivity index (χ4n) is 2.45. The van der Waals surface area contributed by atoms with Gasteiger partial charge in [0.1, 0.15) is 0 Å². The van der Waals surface area contributed by atoms with E-state index < -0.39 is 7.12 Å². The predicted octanol–water partition coefficient (Wildman–Crippen LogP) is 0.393. The summed E-state index contributed by atoms with van der Waals surface area (Å²) in [6, 6.07) is 8.25. The van der Waals surface area contributed by atoms with Gasteiger partial charge < -0.3 is 14.9 Å². The van der Waals surface area contributed by atoms with Crippen molar-refractivity contribution in [3.63, 3.8) is 0 Å². The van der Waals surface area contributed by atoms with Crippen molar-refractivity contribution in [2.24, 2.45) is 0 Å². The van der Waals surface area contributed by atoms with Crippen LogP contribution in [0.4, 0.5) is 0 Å². The minimum atomic E-state index is -1.36. The van der Waals surface area contributed by atoms with Crippen LogP contribution in [0.25, 0.3) is 0 Å². The first-order chi connectivity index (χ1) is 8.16. The van der Waals surface area contributed by atoms with Crippen molar-refractivity contribution in [2.45, 2.75) is 32.2 Å². The van der Waals surface area contributed by atoms with Gasteiger partial charge in [-0.25, -0.2) is 0 Å². The molecule has 1 fully saturated rings. The molecule has 1 heterocycles. The van der Waals surface area contributed by atoms with Gasteiger partial charge in [-0.1, -0.05) is 24.3 Å². The first-order valence-corrected chi connectivity index (χ1v) is 6.36. The molecule has 0 unspecified atom stereocenters. The molecule has 1 aliphatic heterocycles. The number of hydrogen-bond donors (Lipinski definition) is 2. The zero-order valence-electron chi connectivity index (χ0n) is 10.3. The maximum absolute atomic E-state index is 9.00. The largest absolute Gasteiger partial charge is 0.488 e. The second-order valence-corrected chi connectivity index (χ2v) is 4.89. The van der Waals surface area contributed by atoms with Crippen LogP contribution in [0.1, 0.15) is 25.3 Å². The average Bonchev–Trinajstić information content (AvgIpc) is 2.73. The molecule has 3 nitrogen and oxygen atoms in total. The van der Waals surface area contributed by atoms with Gasteiger partial charge in [0.2, 0.25) is 0 Å². The van der Waals surface area contributed by atoms with E-state index in [0.717, 1.165) is 13.0 Å². The summed E-state index contributed by atoms with van der Waals surface area (Å²) < 4.78 is 0. The summed E-state index contributed by atoms with van der Waals surface area (Å²) in [5.41, 5.74) is 1.82. The molecule has 17 heavy (non-hydrogen) atoms. The summed E-state index contributed by atoms with van der Waals surface area (Å²) in [6.45, 7) is 4.61. The summed E-state index contributed by atoms with van der Waals surface area (Å²) >= 11 is 0. The van der Waals surface area contributed by atoms with Crippen LogP contribution in [-0.2, 0) is 6.42 Å². The van der Waals surface area contributed by atoms with Crippen LogP contribution < -0.4 is 5.46 Å².